The Labute approximate surface area is 205 Å². The SMILES string of the molecule is Cc1cc(-c2cc3cnc(Nc4ccc(N5CCN(C)CC5)cn4)nn3c2C2=CCCC2)ccn1. The van der Waals surface area contributed by atoms with Crippen molar-refractivity contribution in [2.45, 2.75) is 26.2 Å². The van der Waals surface area contributed by atoms with E-state index in [2.05, 4.69) is 67.5 Å². The average Bonchev–Trinajstić information content (AvgIpc) is 3.53. The van der Waals surface area contributed by atoms with Crippen LogP contribution in [-0.4, -0.2) is 62.7 Å². The van der Waals surface area contributed by atoms with Gasteiger partial charge in [0.25, 0.3) is 0 Å². The van der Waals surface area contributed by atoms with E-state index >= 15 is 0 Å². The van der Waals surface area contributed by atoms with Crippen molar-refractivity contribution in [3.8, 4) is 11.1 Å². The fourth-order valence-corrected chi connectivity index (χ4v) is 4.98. The van der Waals surface area contributed by atoms with Crippen molar-refractivity contribution in [3.63, 3.8) is 0 Å². The Morgan fingerprint density at radius 3 is 2.57 bits per heavy atom. The van der Waals surface area contributed by atoms with Crippen LogP contribution in [0.1, 0.15) is 30.7 Å². The summed E-state index contributed by atoms with van der Waals surface area (Å²) in [6.07, 6.45) is 11.4. The fraction of sp³-hybridized carbons (Fsp3) is 0.333. The van der Waals surface area contributed by atoms with Crippen LogP contribution in [0, 0.1) is 6.92 Å². The number of piperazine rings is 1. The minimum atomic E-state index is 0.533. The second-order valence-corrected chi connectivity index (χ2v) is 9.45. The molecule has 1 fully saturated rings. The summed E-state index contributed by atoms with van der Waals surface area (Å²) in [7, 11) is 2.17. The minimum absolute atomic E-state index is 0.533. The first-order valence-electron chi connectivity index (χ1n) is 12.3. The standard InChI is InChI=1S/C27H30N8/c1-19-15-21(9-10-28-19)24-16-23-18-30-27(32-35(23)26(24)20-5-3-4-6-20)31-25-8-7-22(17-29-25)34-13-11-33(2)12-14-34/h5,7-10,15-18H,3-4,6,11-14H2,1-2H3,(H,29,31,32). The monoisotopic (exact) mass is 466 g/mol. The Morgan fingerprint density at radius 2 is 1.83 bits per heavy atom. The van der Waals surface area contributed by atoms with Crippen LogP contribution in [0.3, 0.4) is 0 Å². The van der Waals surface area contributed by atoms with Crippen molar-refractivity contribution in [3.05, 3.63) is 66.4 Å². The maximum Gasteiger partial charge on any atom is 0.246 e. The molecule has 35 heavy (non-hydrogen) atoms. The molecular weight excluding hydrogens is 436 g/mol. The highest BCUT2D eigenvalue weighted by molar-refractivity contribution is 5.85. The maximum atomic E-state index is 4.89. The van der Waals surface area contributed by atoms with Gasteiger partial charge in [-0.2, -0.15) is 0 Å². The highest BCUT2D eigenvalue weighted by Gasteiger charge is 2.20. The molecule has 8 nitrogen and oxygen atoms in total. The Morgan fingerprint density at radius 1 is 0.943 bits per heavy atom. The van der Waals surface area contributed by atoms with Crippen LogP contribution in [0.15, 0.2) is 55.0 Å². The molecule has 0 saturated carbocycles. The van der Waals surface area contributed by atoms with Crippen molar-refractivity contribution in [2.75, 3.05) is 43.4 Å². The molecule has 0 bridgehead atoms. The fourth-order valence-electron chi connectivity index (χ4n) is 4.98. The van der Waals surface area contributed by atoms with Gasteiger partial charge in [-0.3, -0.25) is 4.98 Å². The van der Waals surface area contributed by atoms with Crippen LogP contribution >= 0.6 is 0 Å². The Hall–Kier alpha value is -3.78. The number of aryl methyl sites for hydroxylation is 1. The lowest BCUT2D eigenvalue weighted by Gasteiger charge is -2.33. The predicted molar refractivity (Wildman–Crippen MR) is 140 cm³/mol. The van der Waals surface area contributed by atoms with Gasteiger partial charge < -0.3 is 15.1 Å². The van der Waals surface area contributed by atoms with E-state index in [-0.39, 0.29) is 0 Å². The summed E-state index contributed by atoms with van der Waals surface area (Å²) in [5, 5.41) is 8.19. The minimum Gasteiger partial charge on any atom is -0.368 e. The first-order valence-corrected chi connectivity index (χ1v) is 12.3. The van der Waals surface area contributed by atoms with Crippen molar-refractivity contribution in [2.24, 2.45) is 0 Å². The second kappa shape index (κ2) is 9.11. The summed E-state index contributed by atoms with van der Waals surface area (Å²) in [6, 6.07) is 10.5. The number of hydrogen-bond donors (Lipinski definition) is 1. The summed E-state index contributed by atoms with van der Waals surface area (Å²) in [6.45, 7) is 6.22. The number of pyridine rings is 2. The number of hydrogen-bond acceptors (Lipinski definition) is 7. The Bertz CT molecular complexity index is 1380. The number of nitrogens with one attached hydrogen (secondary N) is 1. The molecule has 2 aliphatic rings. The maximum absolute atomic E-state index is 4.89. The van der Waals surface area contributed by atoms with Crippen LogP contribution in [0.25, 0.3) is 22.2 Å². The molecule has 5 heterocycles. The van der Waals surface area contributed by atoms with E-state index in [0.29, 0.717) is 5.95 Å². The van der Waals surface area contributed by atoms with Crippen LogP contribution in [-0.2, 0) is 0 Å². The lowest BCUT2D eigenvalue weighted by molar-refractivity contribution is 0.313. The van der Waals surface area contributed by atoms with E-state index in [4.69, 9.17) is 5.10 Å². The molecule has 0 radical (unpaired) electrons. The second-order valence-electron chi connectivity index (χ2n) is 9.45. The zero-order valence-corrected chi connectivity index (χ0v) is 20.3. The van der Waals surface area contributed by atoms with E-state index < -0.39 is 0 Å². The number of fused-ring (bicyclic) bond motifs is 1. The molecule has 1 saturated heterocycles. The molecular formula is C27H30N8. The van der Waals surface area contributed by atoms with Gasteiger partial charge in [0.2, 0.25) is 5.95 Å². The molecule has 1 aliphatic carbocycles. The molecule has 0 unspecified atom stereocenters. The molecule has 6 rings (SSSR count). The quantitative estimate of drug-likeness (QED) is 0.462. The average molecular weight is 467 g/mol. The van der Waals surface area contributed by atoms with Crippen molar-refractivity contribution in [1.82, 2.24) is 29.5 Å². The number of aromatic nitrogens is 5. The first-order chi connectivity index (χ1) is 17.1. The van der Waals surface area contributed by atoms with Gasteiger partial charge >= 0.3 is 0 Å². The van der Waals surface area contributed by atoms with Crippen molar-refractivity contribution < 1.29 is 0 Å². The van der Waals surface area contributed by atoms with E-state index in [1.807, 2.05) is 36.1 Å². The van der Waals surface area contributed by atoms with Crippen LogP contribution < -0.4 is 10.2 Å². The molecule has 0 spiro atoms. The van der Waals surface area contributed by atoms with Gasteiger partial charge in [-0.25, -0.2) is 14.5 Å². The Balaban J connectivity index is 1.31. The van der Waals surface area contributed by atoms with Crippen molar-refractivity contribution in [1.29, 1.82) is 0 Å². The third-order valence-electron chi connectivity index (χ3n) is 6.93. The third-order valence-corrected chi connectivity index (χ3v) is 6.93. The number of anilines is 3. The molecule has 1 N–H and O–H groups in total. The summed E-state index contributed by atoms with van der Waals surface area (Å²) < 4.78 is 2.02. The zero-order valence-electron chi connectivity index (χ0n) is 20.3. The highest BCUT2D eigenvalue weighted by Crippen LogP contribution is 2.37. The van der Waals surface area contributed by atoms with Gasteiger partial charge in [0, 0.05) is 43.6 Å². The summed E-state index contributed by atoms with van der Waals surface area (Å²) in [5.74, 6) is 1.27. The van der Waals surface area contributed by atoms with Gasteiger partial charge in [0.05, 0.1) is 29.3 Å². The zero-order chi connectivity index (χ0) is 23.8. The largest absolute Gasteiger partial charge is 0.368 e. The van der Waals surface area contributed by atoms with E-state index in [1.165, 1.54) is 17.6 Å². The first kappa shape index (κ1) is 21.7. The molecule has 1 aliphatic heterocycles. The van der Waals surface area contributed by atoms with Crippen LogP contribution in [0.2, 0.25) is 0 Å². The van der Waals surface area contributed by atoms with E-state index in [9.17, 15) is 0 Å². The molecule has 0 aromatic carbocycles. The molecule has 8 heteroatoms. The smallest absolute Gasteiger partial charge is 0.246 e. The number of likely N-dealkylation sites (N-methyl/N-ethyl adjacent to an activating group) is 1. The molecule has 4 aromatic rings. The van der Waals surface area contributed by atoms with Gasteiger partial charge in [-0.15, -0.1) is 5.10 Å². The van der Waals surface area contributed by atoms with Gasteiger partial charge in [-0.05, 0) is 74.7 Å². The van der Waals surface area contributed by atoms with Crippen molar-refractivity contribution >= 4 is 28.5 Å². The van der Waals surface area contributed by atoms with Gasteiger partial charge in [0.15, 0.2) is 0 Å². The highest BCUT2D eigenvalue weighted by atomic mass is 15.3. The number of nitrogens with zero attached hydrogens (tertiary/aromatic N) is 7. The molecule has 4 aromatic heterocycles. The predicted octanol–water partition coefficient (Wildman–Crippen LogP) is 4.56. The molecule has 0 atom stereocenters. The summed E-state index contributed by atoms with van der Waals surface area (Å²) in [5.41, 5.74) is 7.94. The van der Waals surface area contributed by atoms with Crippen LogP contribution in [0.4, 0.5) is 17.5 Å². The van der Waals surface area contributed by atoms with E-state index in [0.717, 1.165) is 73.0 Å². The lowest BCUT2D eigenvalue weighted by atomic mass is 10.0. The topological polar surface area (TPSA) is 74.5 Å². The molecule has 178 valence electrons. The number of rotatable bonds is 5. The van der Waals surface area contributed by atoms with Gasteiger partial charge in [-0.1, -0.05) is 6.08 Å². The lowest BCUT2D eigenvalue weighted by Crippen LogP contribution is -2.44. The molecule has 0 amide bonds. The summed E-state index contributed by atoms with van der Waals surface area (Å²) in [4.78, 5) is 18.3. The summed E-state index contributed by atoms with van der Waals surface area (Å²) >= 11 is 0. The van der Waals surface area contributed by atoms with Crippen LogP contribution in [0.5, 0.6) is 0 Å². The Kier molecular flexibility index (Phi) is 5.66. The van der Waals surface area contributed by atoms with Gasteiger partial charge in [0.1, 0.15) is 5.82 Å². The third kappa shape index (κ3) is 4.37. The normalized spacial score (nSPS) is 16.6. The van der Waals surface area contributed by atoms with E-state index in [1.54, 1.807) is 0 Å². The number of allylic oxidation sites excluding steroid dienone is 2.